The molecule has 6 nitrogen and oxygen atoms in total. The fourth-order valence-electron chi connectivity index (χ4n) is 4.02. The van der Waals surface area contributed by atoms with E-state index < -0.39 is 0 Å². The van der Waals surface area contributed by atoms with Crippen molar-refractivity contribution < 1.29 is 4.79 Å². The van der Waals surface area contributed by atoms with Gasteiger partial charge >= 0.3 is 0 Å². The second-order valence-corrected chi connectivity index (χ2v) is 6.25. The number of anilines is 1. The van der Waals surface area contributed by atoms with Gasteiger partial charge in [-0.1, -0.05) is 0 Å². The number of aromatic nitrogens is 3. The molecular formula is C15H19N5O. The number of hydrogen-bond donors (Lipinski definition) is 1. The van der Waals surface area contributed by atoms with E-state index in [1.165, 1.54) is 0 Å². The highest BCUT2D eigenvalue weighted by atomic mass is 16.1. The molecule has 3 heterocycles. The van der Waals surface area contributed by atoms with Crippen LogP contribution in [-0.4, -0.2) is 52.4 Å². The first kappa shape index (κ1) is 12.6. The van der Waals surface area contributed by atoms with Crippen LogP contribution in [0.4, 0.5) is 5.82 Å². The van der Waals surface area contributed by atoms with E-state index in [4.69, 9.17) is 0 Å². The van der Waals surface area contributed by atoms with Gasteiger partial charge in [0.05, 0.1) is 5.39 Å². The van der Waals surface area contributed by atoms with Crippen molar-refractivity contribution in [3.8, 4) is 0 Å². The number of H-pyrrole nitrogens is 1. The summed E-state index contributed by atoms with van der Waals surface area (Å²) < 4.78 is 0. The van der Waals surface area contributed by atoms with Gasteiger partial charge in [-0.15, -0.1) is 0 Å². The van der Waals surface area contributed by atoms with Gasteiger partial charge in [-0.3, -0.25) is 4.79 Å². The number of nitrogens with zero attached hydrogens (tertiary/aromatic N) is 4. The largest absolute Gasteiger partial charge is 0.356 e. The summed E-state index contributed by atoms with van der Waals surface area (Å²) >= 11 is 0. The van der Waals surface area contributed by atoms with Crippen LogP contribution in [-0.2, 0) is 4.79 Å². The van der Waals surface area contributed by atoms with Crippen LogP contribution >= 0.6 is 0 Å². The minimum atomic E-state index is 0.502. The van der Waals surface area contributed by atoms with Gasteiger partial charge in [0.25, 0.3) is 0 Å². The summed E-state index contributed by atoms with van der Waals surface area (Å²) in [6.07, 6.45) is 6.80. The fourth-order valence-corrected chi connectivity index (χ4v) is 4.02. The molecule has 110 valence electrons. The highest BCUT2D eigenvalue weighted by Gasteiger charge is 2.42. The van der Waals surface area contributed by atoms with Crippen molar-refractivity contribution in [2.45, 2.75) is 18.9 Å². The van der Waals surface area contributed by atoms with Gasteiger partial charge in [-0.05, 0) is 30.7 Å². The van der Waals surface area contributed by atoms with Gasteiger partial charge in [-0.25, -0.2) is 9.97 Å². The molecule has 1 saturated carbocycles. The average molecular weight is 285 g/mol. The van der Waals surface area contributed by atoms with Gasteiger partial charge in [0, 0.05) is 32.4 Å². The van der Waals surface area contributed by atoms with Crippen LogP contribution in [0.25, 0.3) is 11.0 Å². The van der Waals surface area contributed by atoms with Gasteiger partial charge in [0.15, 0.2) is 0 Å². The van der Waals surface area contributed by atoms with Crippen LogP contribution in [0.3, 0.4) is 0 Å². The lowest BCUT2D eigenvalue weighted by molar-refractivity contribution is -0.117. The van der Waals surface area contributed by atoms with Crippen molar-refractivity contribution in [1.29, 1.82) is 0 Å². The summed E-state index contributed by atoms with van der Waals surface area (Å²) in [5, 5.41) is 1.08. The number of likely N-dealkylation sites (tertiary alicyclic amines) is 1. The van der Waals surface area contributed by atoms with Crippen molar-refractivity contribution in [2.24, 2.45) is 11.8 Å². The molecule has 1 aliphatic carbocycles. The van der Waals surface area contributed by atoms with Crippen molar-refractivity contribution in [2.75, 3.05) is 25.0 Å². The van der Waals surface area contributed by atoms with E-state index in [1.54, 1.807) is 6.33 Å². The Morgan fingerprint density at radius 1 is 1.33 bits per heavy atom. The van der Waals surface area contributed by atoms with Crippen LogP contribution in [0.5, 0.6) is 0 Å². The highest BCUT2D eigenvalue weighted by Crippen LogP contribution is 2.40. The Morgan fingerprint density at radius 2 is 2.10 bits per heavy atom. The molecule has 1 amide bonds. The van der Waals surface area contributed by atoms with Crippen LogP contribution < -0.4 is 4.90 Å². The van der Waals surface area contributed by atoms with E-state index in [1.807, 2.05) is 17.2 Å². The Labute approximate surface area is 123 Å². The summed E-state index contributed by atoms with van der Waals surface area (Å²) in [6, 6.07) is 2.53. The van der Waals surface area contributed by atoms with Crippen molar-refractivity contribution in [3.05, 3.63) is 18.6 Å². The molecule has 4 rings (SSSR count). The Kier molecular flexibility index (Phi) is 2.83. The minimum absolute atomic E-state index is 0.502. The second kappa shape index (κ2) is 4.72. The predicted molar refractivity (Wildman–Crippen MR) is 79.9 cm³/mol. The number of carbonyl (C=O) groups excluding carboxylic acids is 1. The number of aromatic amines is 1. The first-order valence-corrected chi connectivity index (χ1v) is 7.46. The average Bonchev–Trinajstić information content (AvgIpc) is 3.18. The van der Waals surface area contributed by atoms with E-state index in [9.17, 15) is 4.79 Å². The number of amides is 1. The molecule has 3 atom stereocenters. The third kappa shape index (κ3) is 1.97. The molecule has 2 aromatic heterocycles. The maximum atomic E-state index is 10.9. The number of fused-ring (bicyclic) bond motifs is 2. The van der Waals surface area contributed by atoms with E-state index in [2.05, 4.69) is 26.9 Å². The maximum absolute atomic E-state index is 10.9. The van der Waals surface area contributed by atoms with Crippen LogP contribution in [0.1, 0.15) is 12.8 Å². The van der Waals surface area contributed by atoms with Crippen molar-refractivity contribution in [1.82, 2.24) is 19.9 Å². The zero-order valence-corrected chi connectivity index (χ0v) is 12.1. The van der Waals surface area contributed by atoms with Gasteiger partial charge in [0.1, 0.15) is 17.8 Å². The molecule has 1 saturated heterocycles. The minimum Gasteiger partial charge on any atom is -0.356 e. The van der Waals surface area contributed by atoms with E-state index in [-0.39, 0.29) is 0 Å². The molecule has 0 aromatic carbocycles. The first-order valence-electron chi connectivity index (χ1n) is 7.46. The van der Waals surface area contributed by atoms with Crippen LogP contribution in [0, 0.1) is 11.8 Å². The Morgan fingerprint density at radius 3 is 2.81 bits per heavy atom. The molecule has 0 unspecified atom stereocenters. The number of rotatable bonds is 3. The fraction of sp³-hybridized carbons (Fsp3) is 0.533. The van der Waals surface area contributed by atoms with Gasteiger partial charge in [0.2, 0.25) is 6.41 Å². The maximum Gasteiger partial charge on any atom is 0.209 e. The standard InChI is InChI=1S/C15H19N5O/c1-19(15-13-2-3-16-14(13)17-8-18-15)12-4-10-6-20(9-21)7-11(10)5-12/h2-3,8-12H,4-7H2,1H3,(H,16,17,18)/t10-,11+,12+. The summed E-state index contributed by atoms with van der Waals surface area (Å²) in [5.74, 6) is 2.29. The summed E-state index contributed by atoms with van der Waals surface area (Å²) in [5.41, 5.74) is 0.886. The van der Waals surface area contributed by atoms with Gasteiger partial charge < -0.3 is 14.8 Å². The highest BCUT2D eigenvalue weighted by molar-refractivity contribution is 5.87. The first-order chi connectivity index (χ1) is 10.3. The lowest BCUT2D eigenvalue weighted by Gasteiger charge is -2.27. The normalized spacial score (nSPS) is 28.0. The van der Waals surface area contributed by atoms with Crippen LogP contribution in [0.15, 0.2) is 18.6 Å². The zero-order chi connectivity index (χ0) is 14.4. The number of hydrogen-bond acceptors (Lipinski definition) is 4. The van der Waals surface area contributed by atoms with Crippen LogP contribution in [0.2, 0.25) is 0 Å². The van der Waals surface area contributed by atoms with E-state index in [0.717, 1.165) is 49.2 Å². The van der Waals surface area contributed by atoms with E-state index in [0.29, 0.717) is 17.9 Å². The Hall–Kier alpha value is -2.11. The van der Waals surface area contributed by atoms with Crippen molar-refractivity contribution in [3.63, 3.8) is 0 Å². The molecule has 1 N–H and O–H groups in total. The molecule has 6 heteroatoms. The SMILES string of the molecule is CN(c1ncnc2[nH]ccc12)[C@H]1C[C@@H]2CN(C=O)C[C@@H]2C1. The smallest absolute Gasteiger partial charge is 0.209 e. The molecule has 21 heavy (non-hydrogen) atoms. The molecule has 2 aromatic rings. The molecule has 2 fully saturated rings. The quantitative estimate of drug-likeness (QED) is 0.862. The Bertz CT molecular complexity index is 655. The molecule has 0 bridgehead atoms. The number of nitrogens with one attached hydrogen (secondary N) is 1. The molecule has 0 spiro atoms. The molecule has 1 aliphatic heterocycles. The molecule has 0 radical (unpaired) electrons. The third-order valence-corrected chi connectivity index (χ3v) is 5.12. The monoisotopic (exact) mass is 285 g/mol. The summed E-state index contributed by atoms with van der Waals surface area (Å²) in [7, 11) is 2.12. The zero-order valence-electron chi connectivity index (χ0n) is 12.1. The second-order valence-electron chi connectivity index (χ2n) is 6.25. The predicted octanol–water partition coefficient (Wildman–Crippen LogP) is 1.26. The third-order valence-electron chi connectivity index (χ3n) is 5.12. The van der Waals surface area contributed by atoms with Crippen molar-refractivity contribution >= 4 is 23.3 Å². The lowest BCUT2D eigenvalue weighted by Crippen LogP contribution is -2.32. The Balaban J connectivity index is 1.56. The topological polar surface area (TPSA) is 65.1 Å². The molecule has 2 aliphatic rings. The summed E-state index contributed by atoms with van der Waals surface area (Å²) in [4.78, 5) is 27.0. The van der Waals surface area contributed by atoms with E-state index >= 15 is 0 Å². The number of carbonyl (C=O) groups is 1. The molecular weight excluding hydrogens is 266 g/mol. The lowest BCUT2D eigenvalue weighted by atomic mass is 10.0. The summed E-state index contributed by atoms with van der Waals surface area (Å²) in [6.45, 7) is 1.84. The van der Waals surface area contributed by atoms with Gasteiger partial charge in [-0.2, -0.15) is 0 Å².